The standard InChI is InChI=1S/C11H15NO2/c1-2-11(13)12-6-8-3-4-10-5-9(8)7-14-10/h2-4,8-10H,1,5-7H2,(H,12,13)/t8-,9+,10-/m0/s1. The lowest BCUT2D eigenvalue weighted by atomic mass is 9.85. The van der Waals surface area contributed by atoms with Crippen molar-refractivity contribution in [3.8, 4) is 0 Å². The molecule has 1 amide bonds. The minimum absolute atomic E-state index is 0.0977. The zero-order chi connectivity index (χ0) is 9.97. The second kappa shape index (κ2) is 3.96. The third-order valence-electron chi connectivity index (χ3n) is 2.94. The number of hydrogen-bond donors (Lipinski definition) is 1. The van der Waals surface area contributed by atoms with Gasteiger partial charge in [-0.3, -0.25) is 4.79 Å². The first-order valence-electron chi connectivity index (χ1n) is 5.00. The lowest BCUT2D eigenvalue weighted by Gasteiger charge is -2.21. The molecule has 2 aliphatic rings. The Morgan fingerprint density at radius 3 is 3.29 bits per heavy atom. The molecule has 2 rings (SSSR count). The third kappa shape index (κ3) is 1.87. The summed E-state index contributed by atoms with van der Waals surface area (Å²) in [4.78, 5) is 11.0. The first-order chi connectivity index (χ1) is 6.79. The molecule has 0 aromatic heterocycles. The molecule has 0 saturated carbocycles. The molecule has 14 heavy (non-hydrogen) atoms. The van der Waals surface area contributed by atoms with Crippen LogP contribution in [0.2, 0.25) is 0 Å². The molecule has 1 aliphatic heterocycles. The number of hydrogen-bond acceptors (Lipinski definition) is 2. The van der Waals surface area contributed by atoms with Crippen LogP contribution in [0, 0.1) is 11.8 Å². The number of fused-ring (bicyclic) bond motifs is 2. The second-order valence-electron chi connectivity index (χ2n) is 3.87. The summed E-state index contributed by atoms with van der Waals surface area (Å²) in [7, 11) is 0. The van der Waals surface area contributed by atoms with E-state index in [1.54, 1.807) is 0 Å². The van der Waals surface area contributed by atoms with Crippen LogP contribution in [0.5, 0.6) is 0 Å². The van der Waals surface area contributed by atoms with Crippen LogP contribution in [0.4, 0.5) is 0 Å². The van der Waals surface area contributed by atoms with Crippen molar-refractivity contribution in [2.45, 2.75) is 12.5 Å². The highest BCUT2D eigenvalue weighted by Crippen LogP contribution is 2.32. The molecule has 0 spiro atoms. The summed E-state index contributed by atoms with van der Waals surface area (Å²) >= 11 is 0. The van der Waals surface area contributed by atoms with Gasteiger partial charge in [-0.25, -0.2) is 0 Å². The summed E-state index contributed by atoms with van der Waals surface area (Å²) in [6.07, 6.45) is 7.00. The fourth-order valence-electron chi connectivity index (χ4n) is 2.06. The topological polar surface area (TPSA) is 38.3 Å². The molecule has 76 valence electrons. The van der Waals surface area contributed by atoms with Gasteiger partial charge in [0.2, 0.25) is 5.91 Å². The molecule has 1 heterocycles. The molecule has 0 radical (unpaired) electrons. The van der Waals surface area contributed by atoms with Crippen molar-refractivity contribution in [3.63, 3.8) is 0 Å². The van der Waals surface area contributed by atoms with Crippen LogP contribution in [-0.2, 0) is 9.53 Å². The number of nitrogens with one attached hydrogen (secondary N) is 1. The summed E-state index contributed by atoms with van der Waals surface area (Å²) < 4.78 is 5.52. The lowest BCUT2D eigenvalue weighted by Crippen LogP contribution is -2.31. The van der Waals surface area contributed by atoms with Crippen molar-refractivity contribution in [2.75, 3.05) is 13.2 Å². The predicted molar refractivity (Wildman–Crippen MR) is 53.7 cm³/mol. The summed E-state index contributed by atoms with van der Waals surface area (Å²) in [5, 5.41) is 2.82. The Kier molecular flexibility index (Phi) is 2.68. The molecule has 0 aromatic carbocycles. The van der Waals surface area contributed by atoms with Gasteiger partial charge in [0.05, 0.1) is 12.7 Å². The molecule has 3 nitrogen and oxygen atoms in total. The minimum atomic E-state index is -0.0977. The third-order valence-corrected chi connectivity index (χ3v) is 2.94. The summed E-state index contributed by atoms with van der Waals surface area (Å²) in [5.41, 5.74) is 0. The zero-order valence-corrected chi connectivity index (χ0v) is 8.11. The van der Waals surface area contributed by atoms with Crippen LogP contribution < -0.4 is 5.32 Å². The highest BCUT2D eigenvalue weighted by Gasteiger charge is 2.32. The SMILES string of the molecule is C=CC(=O)NC[C@@H]1C=C[C@H]2C[C@@H]1CO2. The van der Waals surface area contributed by atoms with Crippen LogP contribution in [0.1, 0.15) is 6.42 Å². The Morgan fingerprint density at radius 2 is 2.50 bits per heavy atom. The summed E-state index contributed by atoms with van der Waals surface area (Å²) in [6.45, 7) is 4.94. The molecule has 3 heteroatoms. The maximum Gasteiger partial charge on any atom is 0.243 e. The van der Waals surface area contributed by atoms with Gasteiger partial charge >= 0.3 is 0 Å². The highest BCUT2D eigenvalue weighted by atomic mass is 16.5. The van der Waals surface area contributed by atoms with E-state index in [1.165, 1.54) is 6.08 Å². The largest absolute Gasteiger partial charge is 0.374 e. The van der Waals surface area contributed by atoms with Crippen molar-refractivity contribution >= 4 is 5.91 Å². The molecule has 1 saturated heterocycles. The molecule has 1 fully saturated rings. The maximum absolute atomic E-state index is 11.0. The van der Waals surface area contributed by atoms with E-state index in [-0.39, 0.29) is 5.91 Å². The van der Waals surface area contributed by atoms with Crippen LogP contribution >= 0.6 is 0 Å². The van der Waals surface area contributed by atoms with E-state index in [2.05, 4.69) is 24.0 Å². The van der Waals surface area contributed by atoms with Gasteiger partial charge < -0.3 is 10.1 Å². The Morgan fingerprint density at radius 1 is 1.64 bits per heavy atom. The van der Waals surface area contributed by atoms with E-state index in [1.807, 2.05) is 0 Å². The molecular formula is C11H15NO2. The first-order valence-corrected chi connectivity index (χ1v) is 5.00. The highest BCUT2D eigenvalue weighted by molar-refractivity contribution is 5.86. The summed E-state index contributed by atoms with van der Waals surface area (Å²) in [6, 6.07) is 0. The molecular weight excluding hydrogens is 178 g/mol. The molecule has 2 bridgehead atoms. The normalized spacial score (nSPS) is 34.1. The van der Waals surface area contributed by atoms with Crippen LogP contribution in [0.25, 0.3) is 0 Å². The van der Waals surface area contributed by atoms with Gasteiger partial charge in [-0.1, -0.05) is 18.7 Å². The van der Waals surface area contributed by atoms with Gasteiger partial charge in [0.25, 0.3) is 0 Å². The van der Waals surface area contributed by atoms with Crippen molar-refractivity contribution in [3.05, 3.63) is 24.8 Å². The van der Waals surface area contributed by atoms with E-state index in [0.717, 1.165) is 13.0 Å². The van der Waals surface area contributed by atoms with E-state index in [0.29, 0.717) is 24.5 Å². The van der Waals surface area contributed by atoms with Gasteiger partial charge in [-0.15, -0.1) is 0 Å². The average molecular weight is 193 g/mol. The van der Waals surface area contributed by atoms with Gasteiger partial charge in [0.15, 0.2) is 0 Å². The van der Waals surface area contributed by atoms with Gasteiger partial charge in [-0.2, -0.15) is 0 Å². The Balaban J connectivity index is 1.86. The first kappa shape index (κ1) is 9.46. The number of amides is 1. The van der Waals surface area contributed by atoms with Crippen molar-refractivity contribution in [1.82, 2.24) is 5.32 Å². The Labute approximate surface area is 83.8 Å². The van der Waals surface area contributed by atoms with Gasteiger partial charge in [-0.05, 0) is 24.3 Å². The van der Waals surface area contributed by atoms with E-state index >= 15 is 0 Å². The van der Waals surface area contributed by atoms with E-state index < -0.39 is 0 Å². The number of rotatable bonds is 3. The minimum Gasteiger partial charge on any atom is -0.374 e. The van der Waals surface area contributed by atoms with Gasteiger partial charge in [0, 0.05) is 6.54 Å². The van der Waals surface area contributed by atoms with Crippen LogP contribution in [0.15, 0.2) is 24.8 Å². The molecule has 3 atom stereocenters. The quantitative estimate of drug-likeness (QED) is 0.533. The molecule has 0 unspecified atom stereocenters. The molecule has 0 aromatic rings. The summed E-state index contributed by atoms with van der Waals surface area (Å²) in [5.74, 6) is 0.909. The van der Waals surface area contributed by atoms with E-state index in [4.69, 9.17) is 4.74 Å². The van der Waals surface area contributed by atoms with Crippen molar-refractivity contribution in [1.29, 1.82) is 0 Å². The van der Waals surface area contributed by atoms with Crippen molar-refractivity contribution < 1.29 is 9.53 Å². The lowest BCUT2D eigenvalue weighted by molar-refractivity contribution is -0.116. The molecule has 1 aliphatic carbocycles. The van der Waals surface area contributed by atoms with Crippen LogP contribution in [0.3, 0.4) is 0 Å². The number of ether oxygens (including phenoxy) is 1. The fraction of sp³-hybridized carbons (Fsp3) is 0.545. The number of carbonyl (C=O) groups is 1. The van der Waals surface area contributed by atoms with Gasteiger partial charge in [0.1, 0.15) is 0 Å². The predicted octanol–water partition coefficient (Wildman–Crippen LogP) is 0.880. The zero-order valence-electron chi connectivity index (χ0n) is 8.11. The fourth-order valence-corrected chi connectivity index (χ4v) is 2.06. The Hall–Kier alpha value is -1.09. The monoisotopic (exact) mass is 193 g/mol. The smallest absolute Gasteiger partial charge is 0.243 e. The van der Waals surface area contributed by atoms with E-state index in [9.17, 15) is 4.79 Å². The average Bonchev–Trinajstić information content (AvgIpc) is 2.60. The second-order valence-corrected chi connectivity index (χ2v) is 3.87. The molecule has 1 N–H and O–H groups in total. The van der Waals surface area contributed by atoms with Crippen molar-refractivity contribution in [2.24, 2.45) is 11.8 Å². The maximum atomic E-state index is 11.0. The number of carbonyl (C=O) groups excluding carboxylic acids is 1. The van der Waals surface area contributed by atoms with Crippen LogP contribution in [-0.4, -0.2) is 25.2 Å². The Bertz CT molecular complexity index is 272.